The number of rotatable bonds is 3. The standard InChI is InChI=1S/C13H9BrClFO3/c1-2-18-13(17)11-6-8(14)12(19-11)7-3-4-10(16)9(15)5-7/h3-6H,2H2,1H3. The van der Waals surface area contributed by atoms with Crippen LogP contribution in [0.15, 0.2) is 33.2 Å². The molecule has 6 heteroatoms. The Labute approximate surface area is 122 Å². The molecule has 0 unspecified atom stereocenters. The van der Waals surface area contributed by atoms with Gasteiger partial charge in [-0.15, -0.1) is 0 Å². The second kappa shape index (κ2) is 5.75. The van der Waals surface area contributed by atoms with Crippen molar-refractivity contribution in [3.05, 3.63) is 45.3 Å². The summed E-state index contributed by atoms with van der Waals surface area (Å²) in [5.41, 5.74) is 0.564. The maximum absolute atomic E-state index is 13.1. The number of furan rings is 1. The zero-order valence-corrected chi connectivity index (χ0v) is 12.2. The topological polar surface area (TPSA) is 39.4 Å². The van der Waals surface area contributed by atoms with E-state index in [2.05, 4.69) is 15.9 Å². The average molecular weight is 348 g/mol. The minimum absolute atomic E-state index is 0.0153. The molecule has 1 aromatic carbocycles. The third-order valence-electron chi connectivity index (χ3n) is 2.35. The van der Waals surface area contributed by atoms with E-state index in [-0.39, 0.29) is 17.4 Å². The van der Waals surface area contributed by atoms with E-state index in [0.717, 1.165) is 0 Å². The van der Waals surface area contributed by atoms with Crippen LogP contribution in [0.4, 0.5) is 4.39 Å². The molecule has 0 aliphatic carbocycles. The molecule has 0 radical (unpaired) electrons. The summed E-state index contributed by atoms with van der Waals surface area (Å²) in [7, 11) is 0. The van der Waals surface area contributed by atoms with E-state index < -0.39 is 11.8 Å². The van der Waals surface area contributed by atoms with Gasteiger partial charge in [0, 0.05) is 11.6 Å². The van der Waals surface area contributed by atoms with Gasteiger partial charge in [-0.1, -0.05) is 11.6 Å². The molecule has 0 spiro atoms. The highest BCUT2D eigenvalue weighted by molar-refractivity contribution is 9.10. The van der Waals surface area contributed by atoms with Gasteiger partial charge in [-0.05, 0) is 41.1 Å². The molecule has 2 rings (SSSR count). The van der Waals surface area contributed by atoms with Crippen molar-refractivity contribution in [3.63, 3.8) is 0 Å². The third-order valence-corrected chi connectivity index (χ3v) is 3.22. The SMILES string of the molecule is CCOC(=O)c1cc(Br)c(-c2ccc(F)c(Cl)c2)o1. The number of carbonyl (C=O) groups is 1. The number of carbonyl (C=O) groups excluding carboxylic acids is 1. The van der Waals surface area contributed by atoms with Crippen LogP contribution in [0.25, 0.3) is 11.3 Å². The van der Waals surface area contributed by atoms with Crippen LogP contribution in [0.3, 0.4) is 0 Å². The van der Waals surface area contributed by atoms with Gasteiger partial charge in [0.1, 0.15) is 11.6 Å². The summed E-state index contributed by atoms with van der Waals surface area (Å²) < 4.78 is 23.9. The van der Waals surface area contributed by atoms with Crippen LogP contribution in [0.5, 0.6) is 0 Å². The predicted octanol–water partition coefficient (Wildman–Crippen LogP) is 4.68. The lowest BCUT2D eigenvalue weighted by Crippen LogP contribution is -2.02. The van der Waals surface area contributed by atoms with Crippen molar-refractivity contribution in [2.45, 2.75) is 6.92 Å². The van der Waals surface area contributed by atoms with Gasteiger partial charge in [-0.25, -0.2) is 9.18 Å². The Morgan fingerprint density at radius 2 is 2.21 bits per heavy atom. The minimum Gasteiger partial charge on any atom is -0.460 e. The van der Waals surface area contributed by atoms with Crippen LogP contribution in [0.2, 0.25) is 5.02 Å². The number of ether oxygens (including phenoxy) is 1. The van der Waals surface area contributed by atoms with Gasteiger partial charge >= 0.3 is 5.97 Å². The average Bonchev–Trinajstić information content (AvgIpc) is 2.75. The molecule has 0 amide bonds. The fraction of sp³-hybridized carbons (Fsp3) is 0.154. The summed E-state index contributed by atoms with van der Waals surface area (Å²) in [4.78, 5) is 11.5. The molecule has 100 valence electrons. The van der Waals surface area contributed by atoms with Crippen molar-refractivity contribution in [1.82, 2.24) is 0 Å². The van der Waals surface area contributed by atoms with E-state index in [1.807, 2.05) is 0 Å². The molecule has 1 heterocycles. The number of esters is 1. The quantitative estimate of drug-likeness (QED) is 0.757. The van der Waals surface area contributed by atoms with Gasteiger partial charge in [0.05, 0.1) is 16.1 Å². The summed E-state index contributed by atoms with van der Waals surface area (Å²) in [6.07, 6.45) is 0. The molecule has 0 atom stereocenters. The van der Waals surface area contributed by atoms with Crippen molar-refractivity contribution in [2.75, 3.05) is 6.61 Å². The summed E-state index contributed by atoms with van der Waals surface area (Å²) >= 11 is 8.99. The maximum atomic E-state index is 13.1. The van der Waals surface area contributed by atoms with Crippen LogP contribution in [0, 0.1) is 5.82 Å². The molecule has 0 saturated heterocycles. The summed E-state index contributed by atoms with van der Waals surface area (Å²) in [5.74, 6) is -0.601. The molecular weight excluding hydrogens is 338 g/mol. The van der Waals surface area contributed by atoms with E-state index in [1.54, 1.807) is 6.92 Å². The summed E-state index contributed by atoms with van der Waals surface area (Å²) in [6.45, 7) is 1.96. The molecule has 0 N–H and O–H groups in total. The van der Waals surface area contributed by atoms with Crippen molar-refractivity contribution in [3.8, 4) is 11.3 Å². The fourth-order valence-electron chi connectivity index (χ4n) is 1.51. The van der Waals surface area contributed by atoms with E-state index in [0.29, 0.717) is 15.8 Å². The van der Waals surface area contributed by atoms with Gasteiger partial charge in [0.15, 0.2) is 0 Å². The Balaban J connectivity index is 2.40. The van der Waals surface area contributed by atoms with Crippen LogP contribution in [0.1, 0.15) is 17.5 Å². The van der Waals surface area contributed by atoms with Crippen LogP contribution in [-0.2, 0) is 4.74 Å². The van der Waals surface area contributed by atoms with E-state index in [9.17, 15) is 9.18 Å². The Kier molecular flexibility index (Phi) is 4.27. The molecule has 19 heavy (non-hydrogen) atoms. The Morgan fingerprint density at radius 1 is 1.47 bits per heavy atom. The molecule has 0 aliphatic rings. The molecule has 3 nitrogen and oxygen atoms in total. The van der Waals surface area contributed by atoms with Gasteiger partial charge in [0.25, 0.3) is 0 Å². The highest BCUT2D eigenvalue weighted by Crippen LogP contribution is 2.33. The number of hydrogen-bond donors (Lipinski definition) is 0. The molecule has 0 fully saturated rings. The summed E-state index contributed by atoms with van der Waals surface area (Å²) in [6, 6.07) is 5.68. The normalized spacial score (nSPS) is 10.5. The van der Waals surface area contributed by atoms with Crippen LogP contribution >= 0.6 is 27.5 Å². The second-order valence-electron chi connectivity index (χ2n) is 3.64. The summed E-state index contributed by atoms with van der Waals surface area (Å²) in [5, 5.41) is -0.0153. The van der Waals surface area contributed by atoms with Crippen molar-refractivity contribution < 1.29 is 18.3 Å². The largest absolute Gasteiger partial charge is 0.460 e. The van der Waals surface area contributed by atoms with Crippen molar-refractivity contribution in [1.29, 1.82) is 0 Å². The first-order chi connectivity index (χ1) is 9.02. The first kappa shape index (κ1) is 14.1. The second-order valence-corrected chi connectivity index (χ2v) is 4.90. The van der Waals surface area contributed by atoms with Gasteiger partial charge < -0.3 is 9.15 Å². The predicted molar refractivity (Wildman–Crippen MR) is 72.8 cm³/mol. The van der Waals surface area contributed by atoms with E-state index in [4.69, 9.17) is 20.8 Å². The van der Waals surface area contributed by atoms with Crippen molar-refractivity contribution >= 4 is 33.5 Å². The van der Waals surface area contributed by atoms with Crippen molar-refractivity contribution in [2.24, 2.45) is 0 Å². The molecular formula is C13H9BrClFO3. The third kappa shape index (κ3) is 2.98. The molecule has 2 aromatic rings. The fourth-order valence-corrected chi connectivity index (χ4v) is 2.20. The minimum atomic E-state index is -0.553. The Hall–Kier alpha value is -1.33. The highest BCUT2D eigenvalue weighted by Gasteiger charge is 2.18. The van der Waals surface area contributed by atoms with Gasteiger partial charge in [-0.2, -0.15) is 0 Å². The van der Waals surface area contributed by atoms with Crippen LogP contribution in [-0.4, -0.2) is 12.6 Å². The van der Waals surface area contributed by atoms with E-state index >= 15 is 0 Å². The molecule has 0 saturated carbocycles. The molecule has 1 aromatic heterocycles. The Morgan fingerprint density at radius 3 is 2.84 bits per heavy atom. The number of hydrogen-bond acceptors (Lipinski definition) is 3. The Bertz CT molecular complexity index is 624. The zero-order valence-electron chi connectivity index (χ0n) is 9.88. The van der Waals surface area contributed by atoms with E-state index in [1.165, 1.54) is 24.3 Å². The lowest BCUT2D eigenvalue weighted by Gasteiger charge is -2.00. The lowest BCUT2D eigenvalue weighted by molar-refractivity contribution is 0.0491. The van der Waals surface area contributed by atoms with Crippen LogP contribution < -0.4 is 0 Å². The zero-order chi connectivity index (χ0) is 14.0. The molecule has 0 aliphatic heterocycles. The highest BCUT2D eigenvalue weighted by atomic mass is 79.9. The lowest BCUT2D eigenvalue weighted by atomic mass is 10.2. The first-order valence-corrected chi connectivity index (χ1v) is 6.62. The monoisotopic (exact) mass is 346 g/mol. The first-order valence-electron chi connectivity index (χ1n) is 5.44. The van der Waals surface area contributed by atoms with Gasteiger partial charge in [0.2, 0.25) is 5.76 Å². The smallest absolute Gasteiger partial charge is 0.374 e. The maximum Gasteiger partial charge on any atom is 0.374 e. The number of benzene rings is 1. The number of halogens is 3. The van der Waals surface area contributed by atoms with Gasteiger partial charge in [-0.3, -0.25) is 0 Å². The molecule has 0 bridgehead atoms.